The highest BCUT2D eigenvalue weighted by Crippen LogP contribution is 2.36. The maximum absolute atomic E-state index is 12.2. The van der Waals surface area contributed by atoms with Crippen molar-refractivity contribution in [2.45, 2.75) is 5.22 Å². The summed E-state index contributed by atoms with van der Waals surface area (Å²) in [5.74, 6) is 1.06. The van der Waals surface area contributed by atoms with Crippen LogP contribution in [0, 0.1) is 0 Å². The standard InChI is InChI=1S/C17H15ClN4O4S/c1-24-13-8-14(25-2)12(7-11(13)18)20-15(23)9-27-17-22-21-16(26-17)10-3-5-19-6-4-10/h3-8H,9H2,1-2H3,(H,20,23). The maximum Gasteiger partial charge on any atom is 0.277 e. The number of anilines is 1. The van der Waals surface area contributed by atoms with Crippen LogP contribution in [0.1, 0.15) is 0 Å². The number of amides is 1. The number of aromatic nitrogens is 3. The van der Waals surface area contributed by atoms with Crippen molar-refractivity contribution in [3.05, 3.63) is 41.7 Å². The summed E-state index contributed by atoms with van der Waals surface area (Å²) in [5.41, 5.74) is 1.20. The predicted molar refractivity (Wildman–Crippen MR) is 101 cm³/mol. The first-order valence-electron chi connectivity index (χ1n) is 7.68. The minimum absolute atomic E-state index is 0.0742. The van der Waals surface area contributed by atoms with Crippen LogP contribution in [0.15, 0.2) is 46.3 Å². The Kier molecular flexibility index (Phi) is 6.15. The van der Waals surface area contributed by atoms with Crippen LogP contribution in [0.2, 0.25) is 5.02 Å². The van der Waals surface area contributed by atoms with Gasteiger partial charge < -0.3 is 19.2 Å². The van der Waals surface area contributed by atoms with Gasteiger partial charge >= 0.3 is 0 Å². The average Bonchev–Trinajstić information content (AvgIpc) is 3.16. The van der Waals surface area contributed by atoms with E-state index >= 15 is 0 Å². The fourth-order valence-electron chi connectivity index (χ4n) is 2.15. The molecule has 10 heteroatoms. The second-order valence-corrected chi connectivity index (χ2v) is 6.47. The SMILES string of the molecule is COc1cc(OC)c(NC(=O)CSc2nnc(-c3ccncc3)o2)cc1Cl. The molecule has 3 rings (SSSR count). The molecule has 0 saturated heterocycles. The molecular formula is C17H15ClN4O4S. The number of hydrogen-bond acceptors (Lipinski definition) is 8. The van der Waals surface area contributed by atoms with E-state index in [2.05, 4.69) is 20.5 Å². The van der Waals surface area contributed by atoms with Crippen LogP contribution in [-0.4, -0.2) is 41.1 Å². The van der Waals surface area contributed by atoms with Gasteiger partial charge in [-0.3, -0.25) is 9.78 Å². The number of halogens is 1. The van der Waals surface area contributed by atoms with Gasteiger partial charge in [-0.25, -0.2) is 0 Å². The first kappa shape index (κ1) is 19.0. The van der Waals surface area contributed by atoms with Crippen molar-refractivity contribution in [2.75, 3.05) is 25.3 Å². The van der Waals surface area contributed by atoms with Crippen LogP contribution in [0.4, 0.5) is 5.69 Å². The van der Waals surface area contributed by atoms with Gasteiger partial charge in [0.05, 0.1) is 30.7 Å². The number of hydrogen-bond donors (Lipinski definition) is 1. The lowest BCUT2D eigenvalue weighted by atomic mass is 10.2. The summed E-state index contributed by atoms with van der Waals surface area (Å²) in [4.78, 5) is 16.2. The normalized spacial score (nSPS) is 10.5. The fraction of sp³-hybridized carbons (Fsp3) is 0.176. The van der Waals surface area contributed by atoms with Crippen molar-refractivity contribution in [1.82, 2.24) is 15.2 Å². The number of thioether (sulfide) groups is 1. The van der Waals surface area contributed by atoms with E-state index in [9.17, 15) is 4.79 Å². The van der Waals surface area contributed by atoms with Gasteiger partial charge in [-0.1, -0.05) is 23.4 Å². The molecular weight excluding hydrogens is 392 g/mol. The van der Waals surface area contributed by atoms with Gasteiger partial charge in [-0.2, -0.15) is 0 Å². The molecule has 0 aliphatic heterocycles. The third kappa shape index (κ3) is 4.69. The zero-order valence-corrected chi connectivity index (χ0v) is 16.0. The fourth-order valence-corrected chi connectivity index (χ4v) is 2.95. The van der Waals surface area contributed by atoms with Crippen LogP contribution in [0.25, 0.3) is 11.5 Å². The van der Waals surface area contributed by atoms with E-state index in [-0.39, 0.29) is 16.9 Å². The monoisotopic (exact) mass is 406 g/mol. The summed E-state index contributed by atoms with van der Waals surface area (Å²) in [6.45, 7) is 0. The molecule has 0 atom stereocenters. The molecule has 140 valence electrons. The second kappa shape index (κ2) is 8.74. The van der Waals surface area contributed by atoms with Crippen molar-refractivity contribution in [3.63, 3.8) is 0 Å². The second-order valence-electron chi connectivity index (χ2n) is 5.13. The summed E-state index contributed by atoms with van der Waals surface area (Å²) in [7, 11) is 2.99. The number of ether oxygens (including phenoxy) is 2. The van der Waals surface area contributed by atoms with Gasteiger partial charge in [-0.05, 0) is 18.2 Å². The number of benzene rings is 1. The number of nitrogens with one attached hydrogen (secondary N) is 1. The molecule has 1 aromatic carbocycles. The quantitative estimate of drug-likeness (QED) is 0.595. The topological polar surface area (TPSA) is 99.4 Å². The van der Waals surface area contributed by atoms with Gasteiger partial charge in [0.15, 0.2) is 0 Å². The molecule has 0 aliphatic carbocycles. The molecule has 8 nitrogen and oxygen atoms in total. The van der Waals surface area contributed by atoms with Crippen molar-refractivity contribution in [1.29, 1.82) is 0 Å². The lowest BCUT2D eigenvalue weighted by molar-refractivity contribution is -0.113. The Labute approximate surface area is 164 Å². The summed E-state index contributed by atoms with van der Waals surface area (Å²) in [5, 5.41) is 11.3. The first-order chi connectivity index (χ1) is 13.1. The molecule has 0 radical (unpaired) electrons. The van der Waals surface area contributed by atoms with Gasteiger partial charge in [-0.15, -0.1) is 10.2 Å². The van der Waals surface area contributed by atoms with Crippen LogP contribution < -0.4 is 14.8 Å². The van der Waals surface area contributed by atoms with Crippen LogP contribution >= 0.6 is 23.4 Å². The van der Waals surface area contributed by atoms with E-state index in [4.69, 9.17) is 25.5 Å². The zero-order valence-electron chi connectivity index (χ0n) is 14.4. The highest BCUT2D eigenvalue weighted by atomic mass is 35.5. The van der Waals surface area contributed by atoms with Crippen molar-refractivity contribution < 1.29 is 18.7 Å². The summed E-state index contributed by atoms with van der Waals surface area (Å²) in [6.07, 6.45) is 3.26. The van der Waals surface area contributed by atoms with E-state index < -0.39 is 0 Å². The third-order valence-electron chi connectivity index (χ3n) is 3.41. The molecule has 2 heterocycles. The molecule has 0 saturated carbocycles. The van der Waals surface area contributed by atoms with Crippen LogP contribution in [-0.2, 0) is 4.79 Å². The maximum atomic E-state index is 12.2. The molecule has 1 amide bonds. The highest BCUT2D eigenvalue weighted by molar-refractivity contribution is 7.99. The van der Waals surface area contributed by atoms with Crippen molar-refractivity contribution >= 4 is 35.0 Å². The van der Waals surface area contributed by atoms with E-state index in [1.165, 1.54) is 14.2 Å². The number of methoxy groups -OCH3 is 2. The zero-order chi connectivity index (χ0) is 19.2. The van der Waals surface area contributed by atoms with E-state index in [1.54, 1.807) is 36.7 Å². The number of carbonyl (C=O) groups is 1. The smallest absolute Gasteiger partial charge is 0.277 e. The Balaban J connectivity index is 1.62. The third-order valence-corrected chi connectivity index (χ3v) is 4.52. The molecule has 0 spiro atoms. The molecule has 0 bridgehead atoms. The highest BCUT2D eigenvalue weighted by Gasteiger charge is 2.15. The lowest BCUT2D eigenvalue weighted by Crippen LogP contribution is -2.14. The number of pyridine rings is 1. The van der Waals surface area contributed by atoms with Crippen LogP contribution in [0.3, 0.4) is 0 Å². The Hall–Kier alpha value is -2.78. The van der Waals surface area contributed by atoms with E-state index in [0.29, 0.717) is 28.1 Å². The van der Waals surface area contributed by atoms with Gasteiger partial charge in [0.1, 0.15) is 11.5 Å². The van der Waals surface area contributed by atoms with Crippen molar-refractivity contribution in [2.24, 2.45) is 0 Å². The number of carbonyl (C=O) groups excluding carboxylic acids is 1. The van der Waals surface area contributed by atoms with Crippen molar-refractivity contribution in [3.8, 4) is 23.0 Å². The van der Waals surface area contributed by atoms with E-state index in [0.717, 1.165) is 17.3 Å². The Morgan fingerprint density at radius 3 is 2.63 bits per heavy atom. The molecule has 27 heavy (non-hydrogen) atoms. The Bertz CT molecular complexity index is 936. The Morgan fingerprint density at radius 1 is 1.19 bits per heavy atom. The average molecular weight is 407 g/mol. The predicted octanol–water partition coefficient (Wildman–Crippen LogP) is 3.53. The summed E-state index contributed by atoms with van der Waals surface area (Å²) >= 11 is 7.22. The minimum atomic E-state index is -0.275. The Morgan fingerprint density at radius 2 is 1.93 bits per heavy atom. The largest absolute Gasteiger partial charge is 0.495 e. The molecule has 1 N–H and O–H groups in total. The van der Waals surface area contributed by atoms with Gasteiger partial charge in [0.25, 0.3) is 5.22 Å². The molecule has 2 aromatic heterocycles. The number of rotatable bonds is 7. The minimum Gasteiger partial charge on any atom is -0.495 e. The molecule has 0 aliphatic rings. The summed E-state index contributed by atoms with van der Waals surface area (Å²) < 4.78 is 15.9. The van der Waals surface area contributed by atoms with Gasteiger partial charge in [0.2, 0.25) is 11.8 Å². The molecule has 0 fully saturated rings. The van der Waals surface area contributed by atoms with Gasteiger partial charge in [0, 0.05) is 24.0 Å². The molecule has 0 unspecified atom stereocenters. The van der Waals surface area contributed by atoms with Crippen LogP contribution in [0.5, 0.6) is 11.5 Å². The lowest BCUT2D eigenvalue weighted by Gasteiger charge is -2.12. The van der Waals surface area contributed by atoms with E-state index in [1.807, 2.05) is 0 Å². The summed E-state index contributed by atoms with van der Waals surface area (Å²) in [6, 6.07) is 6.68. The number of nitrogens with zero attached hydrogens (tertiary/aromatic N) is 3. The first-order valence-corrected chi connectivity index (χ1v) is 9.05. The molecule has 3 aromatic rings.